The number of carboxylic acid groups (broad SMARTS) is 1. The van der Waals surface area contributed by atoms with E-state index in [0.29, 0.717) is 0 Å². The second-order valence-corrected chi connectivity index (χ2v) is 4.21. The fourth-order valence-corrected chi connectivity index (χ4v) is 1.57. The van der Waals surface area contributed by atoms with Crippen LogP contribution in [0.4, 0.5) is 4.39 Å². The molecule has 1 aromatic carbocycles. The van der Waals surface area contributed by atoms with Crippen LogP contribution in [0.1, 0.15) is 16.8 Å². The number of nitrogens with one attached hydrogen (secondary N) is 1. The van der Waals surface area contributed by atoms with Crippen LogP contribution >= 0.6 is 11.6 Å². The molecule has 0 radical (unpaired) electrons. The molecule has 0 aromatic heterocycles. The van der Waals surface area contributed by atoms with Crippen LogP contribution in [0.5, 0.6) is 0 Å². The summed E-state index contributed by atoms with van der Waals surface area (Å²) in [6.45, 7) is 0.162. The number of methoxy groups -OCH3 is 1. The highest BCUT2D eigenvalue weighted by Crippen LogP contribution is 2.15. The third-order valence-corrected chi connectivity index (χ3v) is 2.62. The Morgan fingerprint density at radius 2 is 2.21 bits per heavy atom. The molecule has 1 atom stereocenters. The number of hydrogen-bond donors (Lipinski definition) is 2. The predicted molar refractivity (Wildman–Crippen MR) is 66.8 cm³/mol. The van der Waals surface area contributed by atoms with Crippen molar-refractivity contribution >= 4 is 23.5 Å². The van der Waals surface area contributed by atoms with E-state index < -0.39 is 23.7 Å². The first-order valence-electron chi connectivity index (χ1n) is 5.43. The Morgan fingerprint density at radius 1 is 1.53 bits per heavy atom. The number of ether oxygens (including phenoxy) is 1. The number of halogens is 2. The van der Waals surface area contributed by atoms with Crippen molar-refractivity contribution in [2.45, 2.75) is 12.5 Å². The average Bonchev–Trinajstić information content (AvgIpc) is 2.36. The van der Waals surface area contributed by atoms with E-state index in [1.165, 1.54) is 13.2 Å². The van der Waals surface area contributed by atoms with Crippen molar-refractivity contribution in [3.8, 4) is 0 Å². The van der Waals surface area contributed by atoms with E-state index in [1.807, 2.05) is 0 Å². The molecule has 0 aliphatic heterocycles. The van der Waals surface area contributed by atoms with Crippen LogP contribution in [0.3, 0.4) is 0 Å². The zero-order valence-corrected chi connectivity index (χ0v) is 10.9. The van der Waals surface area contributed by atoms with Crippen LogP contribution in [0.15, 0.2) is 18.2 Å². The number of benzene rings is 1. The van der Waals surface area contributed by atoms with Crippen molar-refractivity contribution in [3.05, 3.63) is 34.6 Å². The summed E-state index contributed by atoms with van der Waals surface area (Å²) in [4.78, 5) is 22.7. The molecular weight excluding hydrogens is 277 g/mol. The number of carboxylic acids is 1. The van der Waals surface area contributed by atoms with Gasteiger partial charge >= 0.3 is 5.97 Å². The molecule has 1 unspecified atom stereocenters. The Hall–Kier alpha value is -1.66. The van der Waals surface area contributed by atoms with Gasteiger partial charge in [0.05, 0.1) is 5.56 Å². The normalized spacial score (nSPS) is 11.9. The van der Waals surface area contributed by atoms with E-state index in [-0.39, 0.29) is 23.6 Å². The van der Waals surface area contributed by atoms with Gasteiger partial charge in [-0.1, -0.05) is 11.6 Å². The fourth-order valence-electron chi connectivity index (χ4n) is 1.40. The molecule has 0 saturated heterocycles. The summed E-state index contributed by atoms with van der Waals surface area (Å²) in [7, 11) is 1.41. The minimum Gasteiger partial charge on any atom is -0.480 e. The number of aliphatic carboxylic acids is 1. The molecule has 104 valence electrons. The molecule has 0 aliphatic rings. The van der Waals surface area contributed by atoms with Crippen LogP contribution < -0.4 is 5.32 Å². The summed E-state index contributed by atoms with van der Waals surface area (Å²) in [6.07, 6.45) is 0.0831. The third kappa shape index (κ3) is 4.50. The molecule has 1 aromatic rings. The number of hydrogen-bond acceptors (Lipinski definition) is 3. The highest BCUT2D eigenvalue weighted by atomic mass is 35.5. The van der Waals surface area contributed by atoms with Crippen molar-refractivity contribution in [1.29, 1.82) is 0 Å². The second-order valence-electron chi connectivity index (χ2n) is 3.77. The van der Waals surface area contributed by atoms with Crippen molar-refractivity contribution in [2.24, 2.45) is 0 Å². The SMILES string of the molecule is COCCC(NC(=O)c1cc(Cl)ccc1F)C(=O)O. The minimum absolute atomic E-state index is 0.0831. The van der Waals surface area contributed by atoms with E-state index in [4.69, 9.17) is 21.4 Å². The molecule has 0 spiro atoms. The highest BCUT2D eigenvalue weighted by Gasteiger charge is 2.22. The lowest BCUT2D eigenvalue weighted by atomic mass is 10.1. The molecular formula is C12H13ClFNO4. The molecule has 0 fully saturated rings. The maximum atomic E-state index is 13.4. The molecule has 19 heavy (non-hydrogen) atoms. The first-order valence-corrected chi connectivity index (χ1v) is 5.81. The highest BCUT2D eigenvalue weighted by molar-refractivity contribution is 6.31. The van der Waals surface area contributed by atoms with Gasteiger partial charge in [-0.3, -0.25) is 4.79 Å². The smallest absolute Gasteiger partial charge is 0.326 e. The van der Waals surface area contributed by atoms with E-state index in [2.05, 4.69) is 5.32 Å². The fraction of sp³-hybridized carbons (Fsp3) is 0.333. The quantitative estimate of drug-likeness (QED) is 0.836. The van der Waals surface area contributed by atoms with E-state index in [1.54, 1.807) is 0 Å². The van der Waals surface area contributed by atoms with Gasteiger partial charge in [0.15, 0.2) is 0 Å². The molecule has 0 saturated carbocycles. The topological polar surface area (TPSA) is 75.6 Å². The largest absolute Gasteiger partial charge is 0.480 e. The summed E-state index contributed by atoms with van der Waals surface area (Å²) >= 11 is 5.66. The Morgan fingerprint density at radius 3 is 2.79 bits per heavy atom. The lowest BCUT2D eigenvalue weighted by Crippen LogP contribution is -2.41. The van der Waals surface area contributed by atoms with Crippen LogP contribution in [0.2, 0.25) is 5.02 Å². The summed E-state index contributed by atoms with van der Waals surface area (Å²) < 4.78 is 18.2. The van der Waals surface area contributed by atoms with Crippen molar-refractivity contribution in [2.75, 3.05) is 13.7 Å². The van der Waals surface area contributed by atoms with Gasteiger partial charge < -0.3 is 15.2 Å². The maximum absolute atomic E-state index is 13.4. The van der Waals surface area contributed by atoms with Crippen LogP contribution in [-0.4, -0.2) is 36.7 Å². The van der Waals surface area contributed by atoms with Gasteiger partial charge in [-0.15, -0.1) is 0 Å². The Kier molecular flexibility index (Phi) is 5.72. The molecule has 1 amide bonds. The summed E-state index contributed by atoms with van der Waals surface area (Å²) in [5.41, 5.74) is -0.295. The monoisotopic (exact) mass is 289 g/mol. The molecule has 2 N–H and O–H groups in total. The minimum atomic E-state index is -1.21. The first-order chi connectivity index (χ1) is 8.95. The molecule has 1 rings (SSSR count). The average molecular weight is 290 g/mol. The van der Waals surface area contributed by atoms with Crippen LogP contribution in [0, 0.1) is 5.82 Å². The Bertz CT molecular complexity index is 481. The number of carbonyl (C=O) groups excluding carboxylic acids is 1. The van der Waals surface area contributed by atoms with Gasteiger partial charge in [0.1, 0.15) is 11.9 Å². The lowest BCUT2D eigenvalue weighted by molar-refractivity contribution is -0.139. The van der Waals surface area contributed by atoms with Gasteiger partial charge in [0, 0.05) is 25.2 Å². The first kappa shape index (κ1) is 15.4. The van der Waals surface area contributed by atoms with Gasteiger partial charge in [0.25, 0.3) is 5.91 Å². The van der Waals surface area contributed by atoms with Gasteiger partial charge in [-0.2, -0.15) is 0 Å². The number of carbonyl (C=O) groups is 2. The second kappa shape index (κ2) is 7.06. The maximum Gasteiger partial charge on any atom is 0.326 e. The van der Waals surface area contributed by atoms with E-state index in [9.17, 15) is 14.0 Å². The predicted octanol–water partition coefficient (Wildman–Crippen LogP) is 1.70. The Labute approximate surface area is 114 Å². The summed E-state index contributed by atoms with van der Waals surface area (Å²) in [6, 6.07) is 2.34. The summed E-state index contributed by atoms with van der Waals surface area (Å²) in [5.74, 6) is -2.81. The van der Waals surface area contributed by atoms with Crippen LogP contribution in [0.25, 0.3) is 0 Å². The van der Waals surface area contributed by atoms with Gasteiger partial charge in [-0.05, 0) is 18.2 Å². The zero-order chi connectivity index (χ0) is 14.4. The lowest BCUT2D eigenvalue weighted by Gasteiger charge is -2.14. The standard InChI is InChI=1S/C12H13ClFNO4/c1-19-5-4-10(12(17)18)15-11(16)8-6-7(13)2-3-9(8)14/h2-3,6,10H,4-5H2,1H3,(H,15,16)(H,17,18). The van der Waals surface area contributed by atoms with Gasteiger partial charge in [-0.25, -0.2) is 9.18 Å². The Balaban J connectivity index is 2.81. The van der Waals surface area contributed by atoms with Crippen molar-refractivity contribution in [3.63, 3.8) is 0 Å². The zero-order valence-electron chi connectivity index (χ0n) is 10.2. The molecule has 0 aliphatic carbocycles. The van der Waals surface area contributed by atoms with Crippen LogP contribution in [-0.2, 0) is 9.53 Å². The molecule has 0 bridgehead atoms. The molecule has 0 heterocycles. The van der Waals surface area contributed by atoms with E-state index in [0.717, 1.165) is 12.1 Å². The number of rotatable bonds is 6. The molecule has 5 nitrogen and oxygen atoms in total. The van der Waals surface area contributed by atoms with E-state index >= 15 is 0 Å². The van der Waals surface area contributed by atoms with Gasteiger partial charge in [0.2, 0.25) is 0 Å². The molecule has 7 heteroatoms. The van der Waals surface area contributed by atoms with Crippen molar-refractivity contribution in [1.82, 2.24) is 5.32 Å². The number of amides is 1. The summed E-state index contributed by atoms with van der Waals surface area (Å²) in [5, 5.41) is 11.3. The third-order valence-electron chi connectivity index (χ3n) is 2.39. The van der Waals surface area contributed by atoms with Crippen molar-refractivity contribution < 1.29 is 23.8 Å².